The number of aromatic amines is 1. The second-order valence-corrected chi connectivity index (χ2v) is 5.13. The molecule has 1 heterocycles. The smallest absolute Gasteiger partial charge is 0.315 e. The fourth-order valence-electron chi connectivity index (χ4n) is 1.92. The van der Waals surface area contributed by atoms with Crippen molar-refractivity contribution >= 4 is 6.03 Å². The SMILES string of the molecule is CC(C)(NC(=O)NCc1ccc[nH]1)c1ccc(F)cc1. The minimum atomic E-state index is -0.576. The molecule has 20 heavy (non-hydrogen) atoms. The van der Waals surface area contributed by atoms with Crippen LogP contribution in [0.3, 0.4) is 0 Å². The normalized spacial score (nSPS) is 11.2. The van der Waals surface area contributed by atoms with Crippen molar-refractivity contribution in [2.45, 2.75) is 25.9 Å². The summed E-state index contributed by atoms with van der Waals surface area (Å²) in [6.45, 7) is 4.17. The van der Waals surface area contributed by atoms with E-state index in [1.807, 2.05) is 26.0 Å². The third-order valence-electron chi connectivity index (χ3n) is 3.09. The number of rotatable bonds is 4. The lowest BCUT2D eigenvalue weighted by Crippen LogP contribution is -2.46. The van der Waals surface area contributed by atoms with Crippen LogP contribution in [-0.4, -0.2) is 11.0 Å². The minimum absolute atomic E-state index is 0.270. The Bertz CT molecular complexity index is 561. The molecule has 0 aliphatic carbocycles. The molecule has 5 heteroatoms. The molecule has 2 aromatic rings. The number of amides is 2. The van der Waals surface area contributed by atoms with E-state index in [9.17, 15) is 9.18 Å². The van der Waals surface area contributed by atoms with E-state index >= 15 is 0 Å². The fraction of sp³-hybridized carbons (Fsp3) is 0.267. The number of hydrogen-bond donors (Lipinski definition) is 3. The van der Waals surface area contributed by atoms with E-state index in [0.717, 1.165) is 11.3 Å². The quantitative estimate of drug-likeness (QED) is 0.789. The molecule has 0 bridgehead atoms. The van der Waals surface area contributed by atoms with Gasteiger partial charge in [-0.05, 0) is 43.7 Å². The lowest BCUT2D eigenvalue weighted by molar-refractivity contribution is 0.229. The number of aromatic nitrogens is 1. The fourth-order valence-corrected chi connectivity index (χ4v) is 1.92. The zero-order chi connectivity index (χ0) is 14.6. The first-order valence-corrected chi connectivity index (χ1v) is 6.42. The van der Waals surface area contributed by atoms with E-state index in [2.05, 4.69) is 15.6 Å². The summed E-state index contributed by atoms with van der Waals surface area (Å²) in [5.74, 6) is -0.291. The Balaban J connectivity index is 1.93. The van der Waals surface area contributed by atoms with Crippen molar-refractivity contribution in [1.82, 2.24) is 15.6 Å². The Morgan fingerprint density at radius 3 is 2.55 bits per heavy atom. The second-order valence-electron chi connectivity index (χ2n) is 5.13. The molecule has 106 valence electrons. The average Bonchev–Trinajstić information content (AvgIpc) is 2.89. The van der Waals surface area contributed by atoms with Crippen LogP contribution in [0.2, 0.25) is 0 Å². The minimum Gasteiger partial charge on any atom is -0.364 e. The standard InChI is InChI=1S/C15H18FN3O/c1-15(2,11-5-7-12(16)8-6-11)19-14(20)18-10-13-4-3-9-17-13/h3-9,17H,10H2,1-2H3,(H2,18,19,20). The van der Waals surface area contributed by atoms with E-state index in [-0.39, 0.29) is 11.8 Å². The summed E-state index contributed by atoms with van der Waals surface area (Å²) in [4.78, 5) is 14.9. The van der Waals surface area contributed by atoms with Gasteiger partial charge >= 0.3 is 6.03 Å². The van der Waals surface area contributed by atoms with Gasteiger partial charge in [0, 0.05) is 11.9 Å². The van der Waals surface area contributed by atoms with Crippen LogP contribution in [0.4, 0.5) is 9.18 Å². The lowest BCUT2D eigenvalue weighted by Gasteiger charge is -2.27. The maximum absolute atomic E-state index is 12.9. The van der Waals surface area contributed by atoms with E-state index < -0.39 is 5.54 Å². The summed E-state index contributed by atoms with van der Waals surface area (Å²) in [7, 11) is 0. The van der Waals surface area contributed by atoms with Gasteiger partial charge in [0.05, 0.1) is 12.1 Å². The van der Waals surface area contributed by atoms with Crippen LogP contribution < -0.4 is 10.6 Å². The number of carbonyl (C=O) groups excluding carboxylic acids is 1. The Kier molecular flexibility index (Phi) is 4.08. The highest BCUT2D eigenvalue weighted by Crippen LogP contribution is 2.19. The molecule has 2 rings (SSSR count). The van der Waals surface area contributed by atoms with Gasteiger partial charge in [0.1, 0.15) is 5.82 Å². The van der Waals surface area contributed by atoms with E-state index in [1.165, 1.54) is 12.1 Å². The molecule has 2 amide bonds. The summed E-state index contributed by atoms with van der Waals surface area (Å²) >= 11 is 0. The molecule has 4 nitrogen and oxygen atoms in total. The molecule has 3 N–H and O–H groups in total. The molecule has 0 radical (unpaired) electrons. The Labute approximate surface area is 117 Å². The molecule has 0 fully saturated rings. The summed E-state index contributed by atoms with van der Waals surface area (Å²) in [6, 6.07) is 9.60. The monoisotopic (exact) mass is 275 g/mol. The largest absolute Gasteiger partial charge is 0.364 e. The number of urea groups is 1. The van der Waals surface area contributed by atoms with Crippen molar-refractivity contribution in [2.24, 2.45) is 0 Å². The van der Waals surface area contributed by atoms with E-state index in [0.29, 0.717) is 6.54 Å². The topological polar surface area (TPSA) is 56.9 Å². The highest BCUT2D eigenvalue weighted by atomic mass is 19.1. The summed E-state index contributed by atoms with van der Waals surface area (Å²) in [5, 5.41) is 5.64. The molecule has 0 aliphatic rings. The second kappa shape index (κ2) is 5.77. The van der Waals surface area contributed by atoms with Crippen LogP contribution in [0.15, 0.2) is 42.6 Å². The zero-order valence-corrected chi connectivity index (χ0v) is 11.5. The first-order valence-electron chi connectivity index (χ1n) is 6.42. The van der Waals surface area contributed by atoms with Crippen LogP contribution in [0.1, 0.15) is 25.1 Å². The van der Waals surface area contributed by atoms with Crippen molar-refractivity contribution < 1.29 is 9.18 Å². The van der Waals surface area contributed by atoms with Crippen LogP contribution >= 0.6 is 0 Å². The Morgan fingerprint density at radius 1 is 1.25 bits per heavy atom. The van der Waals surface area contributed by atoms with Crippen molar-refractivity contribution in [3.05, 3.63) is 59.7 Å². The summed E-state index contributed by atoms with van der Waals surface area (Å²) in [6.07, 6.45) is 1.80. The molecule has 0 aliphatic heterocycles. The van der Waals surface area contributed by atoms with Crippen molar-refractivity contribution in [2.75, 3.05) is 0 Å². The van der Waals surface area contributed by atoms with Crippen LogP contribution in [0, 0.1) is 5.82 Å². The molecular formula is C15H18FN3O. The maximum atomic E-state index is 12.9. The van der Waals surface area contributed by atoms with Crippen LogP contribution in [0.5, 0.6) is 0 Å². The highest BCUT2D eigenvalue weighted by molar-refractivity contribution is 5.74. The third-order valence-corrected chi connectivity index (χ3v) is 3.09. The number of H-pyrrole nitrogens is 1. The van der Waals surface area contributed by atoms with Gasteiger partial charge in [0.25, 0.3) is 0 Å². The van der Waals surface area contributed by atoms with Crippen molar-refractivity contribution in [3.8, 4) is 0 Å². The molecule has 0 spiro atoms. The molecule has 0 atom stereocenters. The highest BCUT2D eigenvalue weighted by Gasteiger charge is 2.22. The van der Waals surface area contributed by atoms with Gasteiger partial charge < -0.3 is 15.6 Å². The van der Waals surface area contributed by atoms with Gasteiger partial charge in [0.15, 0.2) is 0 Å². The van der Waals surface area contributed by atoms with Gasteiger partial charge in [-0.2, -0.15) is 0 Å². The zero-order valence-electron chi connectivity index (χ0n) is 11.5. The van der Waals surface area contributed by atoms with Gasteiger partial charge in [-0.15, -0.1) is 0 Å². The van der Waals surface area contributed by atoms with Crippen LogP contribution in [-0.2, 0) is 12.1 Å². The maximum Gasteiger partial charge on any atom is 0.315 e. The molecular weight excluding hydrogens is 257 g/mol. The van der Waals surface area contributed by atoms with Crippen molar-refractivity contribution in [3.63, 3.8) is 0 Å². The van der Waals surface area contributed by atoms with E-state index in [1.54, 1.807) is 18.3 Å². The lowest BCUT2D eigenvalue weighted by atomic mass is 9.94. The number of benzene rings is 1. The Hall–Kier alpha value is -2.30. The first kappa shape index (κ1) is 14.1. The summed E-state index contributed by atoms with van der Waals surface area (Å²) in [5.41, 5.74) is 1.20. The third kappa shape index (κ3) is 3.60. The molecule has 0 saturated carbocycles. The number of carbonyl (C=O) groups is 1. The number of hydrogen-bond acceptors (Lipinski definition) is 1. The molecule has 0 unspecified atom stereocenters. The molecule has 1 aromatic carbocycles. The Morgan fingerprint density at radius 2 is 1.95 bits per heavy atom. The van der Waals surface area contributed by atoms with Gasteiger partial charge in [0.2, 0.25) is 0 Å². The predicted octanol–water partition coefficient (Wildman–Crippen LogP) is 2.89. The first-order chi connectivity index (χ1) is 9.47. The van der Waals surface area contributed by atoms with Crippen molar-refractivity contribution in [1.29, 1.82) is 0 Å². The number of nitrogens with one attached hydrogen (secondary N) is 3. The number of halogens is 1. The predicted molar refractivity (Wildman–Crippen MR) is 75.6 cm³/mol. The van der Waals surface area contributed by atoms with Gasteiger partial charge in [-0.3, -0.25) is 0 Å². The summed E-state index contributed by atoms with van der Waals surface area (Å²) < 4.78 is 12.9. The van der Waals surface area contributed by atoms with Gasteiger partial charge in [-0.1, -0.05) is 12.1 Å². The molecule has 0 saturated heterocycles. The average molecular weight is 275 g/mol. The van der Waals surface area contributed by atoms with Crippen LogP contribution in [0.25, 0.3) is 0 Å². The molecule has 1 aromatic heterocycles. The van der Waals surface area contributed by atoms with Gasteiger partial charge in [-0.25, -0.2) is 9.18 Å². The van der Waals surface area contributed by atoms with E-state index in [4.69, 9.17) is 0 Å².